The fourth-order valence-corrected chi connectivity index (χ4v) is 4.61. The van der Waals surface area contributed by atoms with Crippen molar-refractivity contribution in [2.45, 2.75) is 25.6 Å². The molecule has 0 bridgehead atoms. The highest BCUT2D eigenvalue weighted by Gasteiger charge is 2.42. The van der Waals surface area contributed by atoms with Gasteiger partial charge in [0.1, 0.15) is 5.75 Å². The highest BCUT2D eigenvalue weighted by atomic mass is 16.5. The van der Waals surface area contributed by atoms with Gasteiger partial charge in [-0.15, -0.1) is 0 Å². The van der Waals surface area contributed by atoms with E-state index in [-0.39, 0.29) is 18.2 Å². The van der Waals surface area contributed by atoms with Gasteiger partial charge in [-0.3, -0.25) is 14.5 Å². The third kappa shape index (κ3) is 5.52. The summed E-state index contributed by atoms with van der Waals surface area (Å²) in [5.41, 5.74) is 2.33. The van der Waals surface area contributed by atoms with Gasteiger partial charge in [-0.2, -0.15) is 0 Å². The molecule has 1 unspecified atom stereocenters. The van der Waals surface area contributed by atoms with Crippen molar-refractivity contribution in [3.8, 4) is 28.7 Å². The Hall–Kier alpha value is -4.24. The zero-order valence-corrected chi connectivity index (χ0v) is 22.2. The number of carbonyl (C=O) groups excluding carboxylic acids is 2. The van der Waals surface area contributed by atoms with Gasteiger partial charge in [0.05, 0.1) is 53.7 Å². The molecule has 1 atom stereocenters. The third-order valence-electron chi connectivity index (χ3n) is 6.56. The Morgan fingerprint density at radius 3 is 1.63 bits per heavy atom. The average molecular weight is 521 g/mol. The summed E-state index contributed by atoms with van der Waals surface area (Å²) in [5, 5.41) is 0. The highest BCUT2D eigenvalue weighted by Crippen LogP contribution is 2.33. The van der Waals surface area contributed by atoms with Crippen LogP contribution in [-0.2, 0) is 22.7 Å². The molecule has 9 nitrogen and oxygen atoms in total. The van der Waals surface area contributed by atoms with Crippen molar-refractivity contribution in [3.05, 3.63) is 71.8 Å². The molecule has 1 aliphatic heterocycles. The number of rotatable bonds is 11. The summed E-state index contributed by atoms with van der Waals surface area (Å²) in [4.78, 5) is 30.0. The maximum atomic E-state index is 13.7. The van der Waals surface area contributed by atoms with Gasteiger partial charge in [-0.1, -0.05) is 12.1 Å². The van der Waals surface area contributed by atoms with E-state index in [0.717, 1.165) is 11.1 Å². The molecule has 0 radical (unpaired) electrons. The summed E-state index contributed by atoms with van der Waals surface area (Å²) in [6.07, 6.45) is 0.0610. The maximum Gasteiger partial charge on any atom is 0.251 e. The van der Waals surface area contributed by atoms with Crippen LogP contribution in [-0.4, -0.2) is 58.3 Å². The van der Waals surface area contributed by atoms with Crippen LogP contribution in [0.4, 0.5) is 5.69 Å². The maximum absolute atomic E-state index is 13.7. The SMILES string of the molecule is COc1ccc(N2C(=O)CC(N(Cc3ccc(OC)c(OC)c3)Cc3ccc(OC)c(OC)c3)C2=O)cc1. The van der Waals surface area contributed by atoms with E-state index >= 15 is 0 Å². The van der Waals surface area contributed by atoms with Gasteiger partial charge in [-0.05, 0) is 59.7 Å². The molecule has 3 aromatic rings. The molecule has 2 amide bonds. The van der Waals surface area contributed by atoms with E-state index in [1.165, 1.54) is 4.90 Å². The smallest absolute Gasteiger partial charge is 0.251 e. The Labute approximate surface area is 222 Å². The molecule has 1 heterocycles. The number of anilines is 1. The van der Waals surface area contributed by atoms with Crippen molar-refractivity contribution in [2.75, 3.05) is 40.4 Å². The first-order chi connectivity index (χ1) is 18.4. The quantitative estimate of drug-likeness (QED) is 0.350. The Morgan fingerprint density at radius 1 is 0.684 bits per heavy atom. The Bertz CT molecular complexity index is 1240. The Kier molecular flexibility index (Phi) is 8.38. The molecule has 200 valence electrons. The predicted molar refractivity (Wildman–Crippen MR) is 142 cm³/mol. The molecule has 0 aliphatic carbocycles. The topological polar surface area (TPSA) is 86.8 Å². The van der Waals surface area contributed by atoms with Crippen LogP contribution in [0.15, 0.2) is 60.7 Å². The standard InChI is InChI=1S/C29H32N2O7/c1-34-22-10-8-21(9-11-22)31-28(32)16-23(29(31)33)30(17-19-6-12-24(35-2)26(14-19)37-4)18-20-7-13-25(36-3)27(15-20)38-5/h6-15,23H,16-18H2,1-5H3. The van der Waals surface area contributed by atoms with Gasteiger partial charge in [0, 0.05) is 13.1 Å². The Morgan fingerprint density at radius 2 is 1.18 bits per heavy atom. The molecule has 0 N–H and O–H groups in total. The van der Waals surface area contributed by atoms with Crippen molar-refractivity contribution < 1.29 is 33.3 Å². The summed E-state index contributed by atoms with van der Waals surface area (Å²) < 4.78 is 26.9. The van der Waals surface area contributed by atoms with Crippen LogP contribution < -0.4 is 28.6 Å². The van der Waals surface area contributed by atoms with Crippen LogP contribution >= 0.6 is 0 Å². The highest BCUT2D eigenvalue weighted by molar-refractivity contribution is 6.22. The first-order valence-corrected chi connectivity index (χ1v) is 12.1. The zero-order valence-electron chi connectivity index (χ0n) is 22.2. The number of ether oxygens (including phenoxy) is 5. The lowest BCUT2D eigenvalue weighted by atomic mass is 10.1. The molecule has 1 fully saturated rings. The summed E-state index contributed by atoms with van der Waals surface area (Å²) >= 11 is 0. The average Bonchev–Trinajstić information content (AvgIpc) is 3.25. The van der Waals surface area contributed by atoms with E-state index < -0.39 is 6.04 Å². The molecule has 0 saturated carbocycles. The molecule has 38 heavy (non-hydrogen) atoms. The molecule has 1 saturated heterocycles. The van der Waals surface area contributed by atoms with Crippen molar-refractivity contribution in [1.29, 1.82) is 0 Å². The second-order valence-electron chi connectivity index (χ2n) is 8.77. The van der Waals surface area contributed by atoms with Crippen molar-refractivity contribution in [1.82, 2.24) is 4.90 Å². The minimum atomic E-state index is -0.661. The summed E-state index contributed by atoms with van der Waals surface area (Å²) in [6, 6.07) is 17.5. The number of benzene rings is 3. The number of carbonyl (C=O) groups is 2. The number of imide groups is 1. The molecule has 0 aromatic heterocycles. The first-order valence-electron chi connectivity index (χ1n) is 12.1. The summed E-state index contributed by atoms with van der Waals surface area (Å²) in [5.74, 6) is 2.51. The van der Waals surface area contributed by atoms with Crippen LogP contribution in [0.5, 0.6) is 28.7 Å². The van der Waals surface area contributed by atoms with Crippen LogP contribution in [0.1, 0.15) is 17.5 Å². The number of methoxy groups -OCH3 is 5. The second kappa shape index (κ2) is 11.9. The van der Waals surface area contributed by atoms with E-state index in [1.807, 2.05) is 41.3 Å². The lowest BCUT2D eigenvalue weighted by Gasteiger charge is -2.28. The predicted octanol–water partition coefficient (Wildman–Crippen LogP) is 4.06. The lowest BCUT2D eigenvalue weighted by molar-refractivity contribution is -0.123. The number of nitrogens with zero attached hydrogens (tertiary/aromatic N) is 2. The van der Waals surface area contributed by atoms with Gasteiger partial charge < -0.3 is 23.7 Å². The molecule has 3 aromatic carbocycles. The lowest BCUT2D eigenvalue weighted by Crippen LogP contribution is -2.41. The second-order valence-corrected chi connectivity index (χ2v) is 8.77. The van der Waals surface area contributed by atoms with Crippen LogP contribution in [0, 0.1) is 0 Å². The van der Waals surface area contributed by atoms with Crippen LogP contribution in [0.25, 0.3) is 0 Å². The van der Waals surface area contributed by atoms with Gasteiger partial charge in [-0.25, -0.2) is 4.90 Å². The van der Waals surface area contributed by atoms with Gasteiger partial charge in [0.2, 0.25) is 5.91 Å². The fraction of sp³-hybridized carbons (Fsp3) is 0.310. The van der Waals surface area contributed by atoms with E-state index in [4.69, 9.17) is 23.7 Å². The van der Waals surface area contributed by atoms with Crippen LogP contribution in [0.3, 0.4) is 0 Å². The van der Waals surface area contributed by atoms with E-state index in [2.05, 4.69) is 0 Å². The van der Waals surface area contributed by atoms with E-state index in [9.17, 15) is 9.59 Å². The van der Waals surface area contributed by atoms with Crippen LogP contribution in [0.2, 0.25) is 0 Å². The first kappa shape index (κ1) is 26.8. The number of hydrogen-bond donors (Lipinski definition) is 0. The molecular formula is C29H32N2O7. The van der Waals surface area contributed by atoms with E-state index in [0.29, 0.717) is 47.5 Å². The summed E-state index contributed by atoms with van der Waals surface area (Å²) in [7, 11) is 7.89. The fourth-order valence-electron chi connectivity index (χ4n) is 4.61. The third-order valence-corrected chi connectivity index (χ3v) is 6.56. The van der Waals surface area contributed by atoms with E-state index in [1.54, 1.807) is 59.8 Å². The zero-order chi connectivity index (χ0) is 27.2. The molecular weight excluding hydrogens is 488 g/mol. The number of amides is 2. The number of hydrogen-bond acceptors (Lipinski definition) is 8. The van der Waals surface area contributed by atoms with Gasteiger partial charge in [0.25, 0.3) is 5.91 Å². The van der Waals surface area contributed by atoms with Crippen molar-refractivity contribution in [3.63, 3.8) is 0 Å². The van der Waals surface area contributed by atoms with Gasteiger partial charge >= 0.3 is 0 Å². The van der Waals surface area contributed by atoms with Gasteiger partial charge in [0.15, 0.2) is 23.0 Å². The molecule has 4 rings (SSSR count). The summed E-state index contributed by atoms with van der Waals surface area (Å²) in [6.45, 7) is 0.795. The monoisotopic (exact) mass is 520 g/mol. The molecule has 1 aliphatic rings. The normalized spacial score (nSPS) is 15.1. The largest absolute Gasteiger partial charge is 0.497 e. The van der Waals surface area contributed by atoms with Crippen molar-refractivity contribution >= 4 is 17.5 Å². The minimum Gasteiger partial charge on any atom is -0.497 e. The molecule has 0 spiro atoms. The van der Waals surface area contributed by atoms with Crippen molar-refractivity contribution in [2.24, 2.45) is 0 Å². The Balaban J connectivity index is 1.67. The molecule has 9 heteroatoms. The minimum absolute atomic E-state index is 0.0610.